The summed E-state index contributed by atoms with van der Waals surface area (Å²) in [5.41, 5.74) is 1.22. The van der Waals surface area contributed by atoms with Gasteiger partial charge < -0.3 is 9.64 Å². The lowest BCUT2D eigenvalue weighted by molar-refractivity contribution is 0.0519. The molecule has 2 aliphatic rings. The topological polar surface area (TPSA) is 97.3 Å². The molecule has 8 nitrogen and oxygen atoms in total. The molecular formula is C25H33Cl2N5O3S. The van der Waals surface area contributed by atoms with E-state index in [2.05, 4.69) is 24.6 Å². The number of aromatic nitrogens is 3. The van der Waals surface area contributed by atoms with E-state index in [0.717, 1.165) is 45.2 Å². The van der Waals surface area contributed by atoms with Crippen molar-refractivity contribution < 1.29 is 13.7 Å². The van der Waals surface area contributed by atoms with Crippen molar-refractivity contribution in [1.82, 2.24) is 19.7 Å². The van der Waals surface area contributed by atoms with Crippen LogP contribution in [0.4, 0.5) is 5.82 Å². The van der Waals surface area contributed by atoms with Crippen molar-refractivity contribution >= 4 is 46.0 Å². The summed E-state index contributed by atoms with van der Waals surface area (Å²) in [6.45, 7) is 9.42. The van der Waals surface area contributed by atoms with Crippen molar-refractivity contribution in [3.8, 4) is 11.3 Å². The lowest BCUT2D eigenvalue weighted by atomic mass is 9.74. The van der Waals surface area contributed by atoms with Crippen molar-refractivity contribution in [1.29, 1.82) is 0 Å². The van der Waals surface area contributed by atoms with Crippen LogP contribution in [0.5, 0.6) is 0 Å². The van der Waals surface area contributed by atoms with Crippen LogP contribution in [0.15, 0.2) is 18.5 Å². The summed E-state index contributed by atoms with van der Waals surface area (Å²) in [4.78, 5) is 28.2. The second-order valence-corrected chi connectivity index (χ2v) is 13.1. The van der Waals surface area contributed by atoms with Crippen molar-refractivity contribution in [3.63, 3.8) is 0 Å². The molecule has 2 atom stereocenters. The van der Waals surface area contributed by atoms with Gasteiger partial charge in [-0.3, -0.25) is 0 Å². The van der Waals surface area contributed by atoms with Crippen LogP contribution in [0, 0.1) is 5.41 Å². The van der Waals surface area contributed by atoms with E-state index in [-0.39, 0.29) is 38.7 Å². The van der Waals surface area contributed by atoms with Crippen molar-refractivity contribution in [2.24, 2.45) is 5.41 Å². The molecule has 0 amide bonds. The van der Waals surface area contributed by atoms with Gasteiger partial charge in [-0.05, 0) is 64.9 Å². The van der Waals surface area contributed by atoms with Gasteiger partial charge in [0.05, 0.1) is 39.3 Å². The molecule has 3 heterocycles. The molecule has 0 radical (unpaired) electrons. The monoisotopic (exact) mass is 553 g/mol. The number of carbonyl (C=O) groups excluding carboxylic acids is 1. The Labute approximate surface area is 225 Å². The Morgan fingerprint density at radius 3 is 2.64 bits per heavy atom. The summed E-state index contributed by atoms with van der Waals surface area (Å²) in [6, 6.07) is 1.91. The Morgan fingerprint density at radius 2 is 1.97 bits per heavy atom. The van der Waals surface area contributed by atoms with E-state index in [1.54, 1.807) is 19.2 Å². The van der Waals surface area contributed by atoms with Gasteiger partial charge in [0.2, 0.25) is 0 Å². The zero-order valence-electron chi connectivity index (χ0n) is 21.1. The van der Waals surface area contributed by atoms with Crippen LogP contribution < -0.4 is 9.62 Å². The standard InChI is InChI=1S/C25H33Cl2N5O3S/c1-5-35-23(33)20-22(29-15-17(30-20)16-8-12-28-21(27)19(16)26)32-13-10-25(11-14-32)9-6-7-18(25)31-36(34)24(2,3)4/h8,12,15,18,31H,5-7,9-11,13-14H2,1-4H3/t18-,36-/m1/s1. The van der Waals surface area contributed by atoms with Gasteiger partial charge in [-0.15, -0.1) is 0 Å². The van der Waals surface area contributed by atoms with Gasteiger partial charge in [-0.2, -0.15) is 0 Å². The van der Waals surface area contributed by atoms with Gasteiger partial charge in [0.1, 0.15) is 5.15 Å². The number of nitrogens with one attached hydrogen (secondary N) is 1. The number of hydrogen-bond acceptors (Lipinski definition) is 7. The fraction of sp³-hybridized carbons (Fsp3) is 0.600. The highest BCUT2D eigenvalue weighted by atomic mass is 35.5. The Bertz CT molecular complexity index is 1150. The minimum Gasteiger partial charge on any atom is -0.461 e. The zero-order valence-corrected chi connectivity index (χ0v) is 23.5. The van der Waals surface area contributed by atoms with E-state index in [4.69, 9.17) is 27.9 Å². The third kappa shape index (κ3) is 5.54. The highest BCUT2D eigenvalue weighted by Crippen LogP contribution is 2.47. The van der Waals surface area contributed by atoms with Crippen molar-refractivity contribution in [3.05, 3.63) is 34.3 Å². The third-order valence-corrected chi connectivity index (χ3v) is 9.49. The number of esters is 1. The number of anilines is 1. The number of carbonyl (C=O) groups is 1. The van der Waals surface area contributed by atoms with Crippen LogP contribution in [0.2, 0.25) is 10.2 Å². The largest absolute Gasteiger partial charge is 0.461 e. The fourth-order valence-corrected chi connectivity index (χ4v) is 6.43. The molecule has 1 saturated carbocycles. The van der Waals surface area contributed by atoms with Gasteiger partial charge in [0.15, 0.2) is 11.5 Å². The zero-order chi connectivity index (χ0) is 26.1. The number of piperidine rings is 1. The smallest absolute Gasteiger partial charge is 0.360 e. The summed E-state index contributed by atoms with van der Waals surface area (Å²) in [7, 11) is -1.11. The van der Waals surface area contributed by atoms with Gasteiger partial charge in [0.25, 0.3) is 0 Å². The van der Waals surface area contributed by atoms with Gasteiger partial charge in [-0.1, -0.05) is 29.6 Å². The third-order valence-electron chi connectivity index (χ3n) is 7.12. The molecule has 1 saturated heterocycles. The second-order valence-electron chi connectivity index (χ2n) is 10.4. The highest BCUT2D eigenvalue weighted by molar-refractivity contribution is 7.84. The minimum absolute atomic E-state index is 0.0934. The van der Waals surface area contributed by atoms with Crippen molar-refractivity contribution in [2.75, 3.05) is 24.6 Å². The molecule has 0 bridgehead atoms. The van der Waals surface area contributed by atoms with Gasteiger partial charge in [0, 0.05) is 30.9 Å². The lowest BCUT2D eigenvalue weighted by Crippen LogP contribution is -2.51. The quantitative estimate of drug-likeness (QED) is 0.387. The van der Waals surface area contributed by atoms with Crippen LogP contribution in [0.25, 0.3) is 11.3 Å². The van der Waals surface area contributed by atoms with Crippen LogP contribution in [0.3, 0.4) is 0 Å². The summed E-state index contributed by atoms with van der Waals surface area (Å²) in [5, 5.41) is 0.412. The summed E-state index contributed by atoms with van der Waals surface area (Å²) < 4.78 is 21.2. The molecule has 11 heteroatoms. The predicted octanol–water partition coefficient (Wildman–Crippen LogP) is 5.21. The number of halogens is 2. The predicted molar refractivity (Wildman–Crippen MR) is 144 cm³/mol. The average molecular weight is 555 g/mol. The van der Waals surface area contributed by atoms with E-state index in [1.165, 1.54) is 6.20 Å². The Kier molecular flexibility index (Phi) is 8.24. The molecule has 2 aromatic heterocycles. The Balaban J connectivity index is 1.58. The van der Waals surface area contributed by atoms with E-state index >= 15 is 0 Å². The van der Waals surface area contributed by atoms with Crippen LogP contribution >= 0.6 is 23.2 Å². The number of nitrogens with zero attached hydrogens (tertiary/aromatic N) is 4. The first-order valence-corrected chi connectivity index (χ1v) is 14.2. The summed E-state index contributed by atoms with van der Waals surface area (Å²) >= 11 is 12.4. The van der Waals surface area contributed by atoms with Crippen molar-refractivity contribution in [2.45, 2.75) is 70.6 Å². The maximum Gasteiger partial charge on any atom is 0.360 e. The van der Waals surface area contributed by atoms with Crippen LogP contribution in [0.1, 0.15) is 70.3 Å². The number of ether oxygens (including phenoxy) is 1. The van der Waals surface area contributed by atoms with Gasteiger partial charge >= 0.3 is 5.97 Å². The first-order chi connectivity index (χ1) is 17.1. The first-order valence-electron chi connectivity index (χ1n) is 12.3. The average Bonchev–Trinajstić information content (AvgIpc) is 3.22. The molecule has 2 aromatic rings. The lowest BCUT2D eigenvalue weighted by Gasteiger charge is -2.44. The molecule has 0 unspecified atom stereocenters. The maximum atomic E-state index is 12.9. The summed E-state index contributed by atoms with van der Waals surface area (Å²) in [6.07, 6.45) is 8.23. The number of rotatable bonds is 6. The Hall–Kier alpha value is -1.81. The SMILES string of the molecule is CCOC(=O)c1nc(-c2ccnc(Cl)c2Cl)cnc1N1CCC2(CCC[C@H]2N[S@](=O)C(C)(C)C)CC1. The maximum absolute atomic E-state index is 12.9. The molecule has 1 aliphatic carbocycles. The normalized spacial score (nSPS) is 20.5. The first kappa shape index (κ1) is 27.2. The van der Waals surface area contributed by atoms with E-state index in [0.29, 0.717) is 17.1 Å². The molecule has 36 heavy (non-hydrogen) atoms. The highest BCUT2D eigenvalue weighted by Gasteiger charge is 2.46. The molecule has 1 aliphatic heterocycles. The van der Waals surface area contributed by atoms with E-state index < -0.39 is 17.0 Å². The molecule has 1 N–H and O–H groups in total. The fourth-order valence-electron chi connectivity index (χ4n) is 5.09. The molecule has 196 valence electrons. The Morgan fingerprint density at radius 1 is 1.25 bits per heavy atom. The van der Waals surface area contributed by atoms with Crippen LogP contribution in [-0.4, -0.2) is 55.6 Å². The number of pyridine rings is 1. The molecular weight excluding hydrogens is 521 g/mol. The molecule has 4 rings (SSSR count). The molecule has 0 aromatic carbocycles. The van der Waals surface area contributed by atoms with E-state index in [9.17, 15) is 9.00 Å². The number of hydrogen-bond donors (Lipinski definition) is 1. The molecule has 1 spiro atoms. The van der Waals surface area contributed by atoms with E-state index in [1.807, 2.05) is 20.8 Å². The second kappa shape index (κ2) is 10.9. The van der Waals surface area contributed by atoms with Gasteiger partial charge in [-0.25, -0.2) is 28.7 Å². The van der Waals surface area contributed by atoms with Crippen LogP contribution in [-0.2, 0) is 15.7 Å². The molecule has 2 fully saturated rings. The summed E-state index contributed by atoms with van der Waals surface area (Å²) in [5.74, 6) is -0.0245. The minimum atomic E-state index is -1.11.